The van der Waals surface area contributed by atoms with Gasteiger partial charge in [0.25, 0.3) is 5.91 Å². The van der Waals surface area contributed by atoms with Crippen molar-refractivity contribution in [3.05, 3.63) is 65.2 Å². The van der Waals surface area contributed by atoms with Crippen LogP contribution in [0, 0.1) is 25.7 Å². The predicted octanol–water partition coefficient (Wildman–Crippen LogP) is 6.27. The van der Waals surface area contributed by atoms with E-state index in [4.69, 9.17) is 4.98 Å². The summed E-state index contributed by atoms with van der Waals surface area (Å²) in [5.41, 5.74) is 5.76. The quantitative estimate of drug-likeness (QED) is 0.498. The van der Waals surface area contributed by atoms with Crippen LogP contribution in [0.2, 0.25) is 0 Å². The van der Waals surface area contributed by atoms with Crippen LogP contribution in [-0.4, -0.2) is 28.9 Å². The number of aryl methyl sites for hydroxylation is 1. The van der Waals surface area contributed by atoms with Crippen LogP contribution >= 0.6 is 0 Å². The van der Waals surface area contributed by atoms with Gasteiger partial charge in [0.15, 0.2) is 0 Å². The molecule has 0 aliphatic rings. The van der Waals surface area contributed by atoms with Crippen LogP contribution in [0.15, 0.2) is 48.5 Å². The van der Waals surface area contributed by atoms with E-state index in [-0.39, 0.29) is 5.91 Å². The maximum Gasteiger partial charge on any atom is 0.254 e. The van der Waals surface area contributed by atoms with E-state index in [0.29, 0.717) is 11.8 Å². The van der Waals surface area contributed by atoms with Gasteiger partial charge in [0, 0.05) is 24.0 Å². The molecular weight excluding hydrogens is 356 g/mol. The van der Waals surface area contributed by atoms with Crippen LogP contribution in [0.5, 0.6) is 0 Å². The number of carbonyl (C=O) groups excluding carboxylic acids is 1. The van der Waals surface area contributed by atoms with Crippen molar-refractivity contribution in [1.29, 1.82) is 0 Å². The molecule has 0 spiro atoms. The second kappa shape index (κ2) is 8.77. The van der Waals surface area contributed by atoms with E-state index in [1.165, 1.54) is 5.56 Å². The molecule has 152 valence electrons. The number of amides is 1. The van der Waals surface area contributed by atoms with Gasteiger partial charge in [-0.1, -0.05) is 75.7 Å². The maximum atomic E-state index is 13.8. The largest absolute Gasteiger partial charge is 0.338 e. The molecule has 0 N–H and O–H groups in total. The first-order chi connectivity index (χ1) is 13.8. The first-order valence-corrected chi connectivity index (χ1v) is 10.5. The van der Waals surface area contributed by atoms with Crippen molar-refractivity contribution in [2.24, 2.45) is 11.8 Å². The van der Waals surface area contributed by atoms with E-state index in [1.54, 1.807) is 0 Å². The van der Waals surface area contributed by atoms with Crippen molar-refractivity contribution in [2.75, 3.05) is 13.1 Å². The normalized spacial score (nSPS) is 11.4. The van der Waals surface area contributed by atoms with Gasteiger partial charge in [-0.25, -0.2) is 4.98 Å². The smallest absolute Gasteiger partial charge is 0.254 e. The average Bonchev–Trinajstić information content (AvgIpc) is 2.66. The summed E-state index contributed by atoms with van der Waals surface area (Å²) < 4.78 is 0. The number of benzene rings is 2. The minimum absolute atomic E-state index is 0.108. The summed E-state index contributed by atoms with van der Waals surface area (Å²) in [5, 5.41) is 0.934. The molecular formula is C26H32N2O. The van der Waals surface area contributed by atoms with Crippen molar-refractivity contribution < 1.29 is 4.79 Å². The molecule has 1 aromatic heterocycles. The Balaban J connectivity index is 2.20. The van der Waals surface area contributed by atoms with Gasteiger partial charge in [-0.15, -0.1) is 0 Å². The number of pyridine rings is 1. The van der Waals surface area contributed by atoms with E-state index in [2.05, 4.69) is 58.9 Å². The Bertz CT molecular complexity index is 993. The van der Waals surface area contributed by atoms with Crippen LogP contribution < -0.4 is 0 Å². The molecule has 1 amide bonds. The van der Waals surface area contributed by atoms with Crippen LogP contribution in [0.4, 0.5) is 0 Å². The highest BCUT2D eigenvalue weighted by atomic mass is 16.2. The summed E-state index contributed by atoms with van der Waals surface area (Å²) >= 11 is 0. The third kappa shape index (κ3) is 4.67. The molecule has 0 fully saturated rings. The summed E-state index contributed by atoms with van der Waals surface area (Å²) in [4.78, 5) is 20.7. The van der Waals surface area contributed by atoms with E-state index in [1.807, 2.05) is 36.1 Å². The van der Waals surface area contributed by atoms with Crippen molar-refractivity contribution >= 4 is 16.8 Å². The van der Waals surface area contributed by atoms with Crippen molar-refractivity contribution in [3.8, 4) is 11.3 Å². The van der Waals surface area contributed by atoms with Gasteiger partial charge in [-0.3, -0.25) is 4.79 Å². The minimum Gasteiger partial charge on any atom is -0.338 e. The Kier molecular flexibility index (Phi) is 6.36. The predicted molar refractivity (Wildman–Crippen MR) is 122 cm³/mol. The molecule has 0 unspecified atom stereocenters. The lowest BCUT2D eigenvalue weighted by Gasteiger charge is -2.28. The average molecular weight is 389 g/mol. The third-order valence-corrected chi connectivity index (χ3v) is 5.13. The van der Waals surface area contributed by atoms with Gasteiger partial charge in [-0.2, -0.15) is 0 Å². The van der Waals surface area contributed by atoms with Crippen molar-refractivity contribution in [1.82, 2.24) is 9.88 Å². The minimum atomic E-state index is 0.108. The lowest BCUT2D eigenvalue weighted by Crippen LogP contribution is -2.37. The SMILES string of the molecule is Cc1ccc(-c2nc3ccccc3c(C(=O)N(CC(C)C)CC(C)C)c2C)cc1. The van der Waals surface area contributed by atoms with Crippen LogP contribution in [-0.2, 0) is 0 Å². The molecule has 3 aromatic rings. The third-order valence-electron chi connectivity index (χ3n) is 5.13. The van der Waals surface area contributed by atoms with Gasteiger partial charge in [0.2, 0.25) is 0 Å². The van der Waals surface area contributed by atoms with E-state index in [0.717, 1.165) is 46.4 Å². The first-order valence-electron chi connectivity index (χ1n) is 10.5. The van der Waals surface area contributed by atoms with E-state index in [9.17, 15) is 4.79 Å². The Labute approximate surface area is 174 Å². The Morgan fingerprint density at radius 3 is 2.07 bits per heavy atom. The summed E-state index contributed by atoms with van der Waals surface area (Å²) in [5.74, 6) is 0.946. The monoisotopic (exact) mass is 388 g/mol. The zero-order valence-corrected chi connectivity index (χ0v) is 18.5. The maximum absolute atomic E-state index is 13.8. The highest BCUT2D eigenvalue weighted by Gasteiger charge is 2.24. The standard InChI is InChI=1S/C26H32N2O/c1-17(2)15-28(16-18(3)4)26(29)24-20(6)25(21-13-11-19(5)12-14-21)27-23-10-8-7-9-22(23)24/h7-14,17-18H,15-16H2,1-6H3. The molecule has 0 aliphatic heterocycles. The summed E-state index contributed by atoms with van der Waals surface area (Å²) in [7, 11) is 0. The summed E-state index contributed by atoms with van der Waals surface area (Å²) in [6.07, 6.45) is 0. The fraction of sp³-hybridized carbons (Fsp3) is 0.385. The molecule has 3 nitrogen and oxygen atoms in total. The molecule has 3 heteroatoms. The van der Waals surface area contributed by atoms with Gasteiger partial charge in [0.05, 0.1) is 16.8 Å². The molecule has 0 atom stereocenters. The number of fused-ring (bicyclic) bond motifs is 1. The second-order valence-electron chi connectivity index (χ2n) is 8.84. The Morgan fingerprint density at radius 2 is 1.48 bits per heavy atom. The molecule has 2 aromatic carbocycles. The van der Waals surface area contributed by atoms with E-state index >= 15 is 0 Å². The molecule has 1 heterocycles. The fourth-order valence-corrected chi connectivity index (χ4v) is 3.86. The summed E-state index contributed by atoms with van der Waals surface area (Å²) in [6.45, 7) is 14.3. The zero-order chi connectivity index (χ0) is 21.1. The number of hydrogen-bond acceptors (Lipinski definition) is 2. The van der Waals surface area contributed by atoms with Crippen molar-refractivity contribution in [3.63, 3.8) is 0 Å². The Morgan fingerprint density at radius 1 is 0.897 bits per heavy atom. The Hall–Kier alpha value is -2.68. The number of nitrogens with zero attached hydrogens (tertiary/aromatic N) is 2. The fourth-order valence-electron chi connectivity index (χ4n) is 3.86. The molecule has 0 aliphatic carbocycles. The molecule has 0 saturated carbocycles. The zero-order valence-electron chi connectivity index (χ0n) is 18.5. The number of aromatic nitrogens is 1. The highest BCUT2D eigenvalue weighted by Crippen LogP contribution is 2.31. The van der Waals surface area contributed by atoms with Gasteiger partial charge < -0.3 is 4.90 Å². The molecule has 0 saturated heterocycles. The van der Waals surface area contributed by atoms with Crippen LogP contribution in [0.25, 0.3) is 22.2 Å². The highest BCUT2D eigenvalue weighted by molar-refractivity contribution is 6.08. The van der Waals surface area contributed by atoms with Crippen molar-refractivity contribution in [2.45, 2.75) is 41.5 Å². The first kappa shape index (κ1) is 21.0. The van der Waals surface area contributed by atoms with Gasteiger partial charge >= 0.3 is 0 Å². The van der Waals surface area contributed by atoms with Gasteiger partial charge in [-0.05, 0) is 37.3 Å². The lowest BCUT2D eigenvalue weighted by atomic mass is 9.96. The molecule has 29 heavy (non-hydrogen) atoms. The second-order valence-corrected chi connectivity index (χ2v) is 8.84. The molecule has 0 bridgehead atoms. The number of rotatable bonds is 6. The lowest BCUT2D eigenvalue weighted by molar-refractivity contribution is 0.0716. The van der Waals surface area contributed by atoms with Gasteiger partial charge in [0.1, 0.15) is 0 Å². The molecule has 3 rings (SSSR count). The molecule has 0 radical (unpaired) electrons. The van der Waals surface area contributed by atoms with E-state index < -0.39 is 0 Å². The van der Waals surface area contributed by atoms with Crippen LogP contribution in [0.3, 0.4) is 0 Å². The van der Waals surface area contributed by atoms with Crippen LogP contribution in [0.1, 0.15) is 49.2 Å². The summed E-state index contributed by atoms with van der Waals surface area (Å²) in [6, 6.07) is 16.4. The number of carbonyl (C=O) groups is 1. The number of hydrogen-bond donors (Lipinski definition) is 0. The topological polar surface area (TPSA) is 33.2 Å². The number of para-hydroxylation sites is 1.